The lowest BCUT2D eigenvalue weighted by atomic mass is 9.88. The van der Waals surface area contributed by atoms with E-state index in [1.165, 1.54) is 17.9 Å². The summed E-state index contributed by atoms with van der Waals surface area (Å²) >= 11 is 6.29. The normalized spacial score (nSPS) is 34.4. The number of halogens is 1. The van der Waals surface area contributed by atoms with Gasteiger partial charge in [-0.1, -0.05) is 12.8 Å². The third-order valence-electron chi connectivity index (χ3n) is 3.60. The fourth-order valence-corrected chi connectivity index (χ4v) is 2.77. The van der Waals surface area contributed by atoms with Gasteiger partial charge in [0.05, 0.1) is 18.6 Å². The predicted molar refractivity (Wildman–Crippen MR) is 63.0 cm³/mol. The minimum Gasteiger partial charge on any atom is -0.272 e. The number of rotatable bonds is 2. The second-order valence-electron chi connectivity index (χ2n) is 5.58. The Bertz CT molecular complexity index is 280. The Kier molecular flexibility index (Phi) is 3.45. The summed E-state index contributed by atoms with van der Waals surface area (Å²) in [5, 5.41) is 1.74. The first-order valence-corrected chi connectivity index (χ1v) is 6.53. The summed E-state index contributed by atoms with van der Waals surface area (Å²) in [6, 6.07) is 0. The molecular formula is C12H20ClNO2. The van der Waals surface area contributed by atoms with Crippen LogP contribution in [0.5, 0.6) is 0 Å². The molecular weight excluding hydrogens is 226 g/mol. The highest BCUT2D eigenvalue weighted by Crippen LogP contribution is 2.33. The van der Waals surface area contributed by atoms with Crippen LogP contribution in [0.2, 0.25) is 0 Å². The molecule has 2 rings (SSSR count). The molecule has 0 aromatic rings. The minimum absolute atomic E-state index is 0.0990. The summed E-state index contributed by atoms with van der Waals surface area (Å²) in [4.78, 5) is 17.4. The highest BCUT2D eigenvalue weighted by molar-refractivity contribution is 6.20. The molecule has 2 atom stereocenters. The van der Waals surface area contributed by atoms with Crippen LogP contribution in [0, 0.1) is 11.3 Å². The lowest BCUT2D eigenvalue weighted by molar-refractivity contribution is -0.165. The van der Waals surface area contributed by atoms with Gasteiger partial charge in [-0.2, -0.15) is 0 Å². The molecule has 92 valence electrons. The Balaban J connectivity index is 1.93. The molecule has 16 heavy (non-hydrogen) atoms. The van der Waals surface area contributed by atoms with E-state index in [-0.39, 0.29) is 16.7 Å². The highest BCUT2D eigenvalue weighted by Gasteiger charge is 2.41. The van der Waals surface area contributed by atoms with Gasteiger partial charge in [-0.25, -0.2) is 5.06 Å². The Morgan fingerprint density at radius 2 is 2.12 bits per heavy atom. The molecule has 4 heteroatoms. The predicted octanol–water partition coefficient (Wildman–Crippen LogP) is 2.58. The van der Waals surface area contributed by atoms with Gasteiger partial charge in [0.2, 0.25) is 0 Å². The van der Waals surface area contributed by atoms with Crippen LogP contribution in [-0.2, 0) is 9.63 Å². The van der Waals surface area contributed by atoms with Crippen molar-refractivity contribution in [3.8, 4) is 0 Å². The van der Waals surface area contributed by atoms with E-state index in [9.17, 15) is 4.79 Å². The van der Waals surface area contributed by atoms with E-state index in [1.807, 2.05) is 13.8 Å². The Hall–Kier alpha value is -0.280. The molecule has 2 fully saturated rings. The van der Waals surface area contributed by atoms with Crippen LogP contribution in [0.4, 0.5) is 0 Å². The van der Waals surface area contributed by atoms with Crippen molar-refractivity contribution in [1.29, 1.82) is 0 Å². The smallest absolute Gasteiger partial charge is 0.254 e. The summed E-state index contributed by atoms with van der Waals surface area (Å²) in [6.45, 7) is 5.00. The van der Waals surface area contributed by atoms with Crippen molar-refractivity contribution >= 4 is 17.5 Å². The van der Waals surface area contributed by atoms with Gasteiger partial charge in [-0.05, 0) is 32.6 Å². The number of carbonyl (C=O) groups excluding carboxylic acids is 1. The van der Waals surface area contributed by atoms with E-state index in [4.69, 9.17) is 16.4 Å². The average molecular weight is 246 g/mol. The van der Waals surface area contributed by atoms with Crippen molar-refractivity contribution < 1.29 is 9.63 Å². The van der Waals surface area contributed by atoms with Crippen molar-refractivity contribution in [2.75, 3.05) is 13.2 Å². The van der Waals surface area contributed by atoms with Gasteiger partial charge < -0.3 is 0 Å². The molecule has 0 radical (unpaired) electrons. The molecule has 0 aromatic heterocycles. The fraction of sp³-hybridized carbons (Fsp3) is 0.917. The average Bonchev–Trinajstić information content (AvgIpc) is 2.49. The minimum atomic E-state index is -0.365. The van der Waals surface area contributed by atoms with Gasteiger partial charge in [0, 0.05) is 5.38 Å². The summed E-state index contributed by atoms with van der Waals surface area (Å²) in [5.41, 5.74) is -0.365. The van der Waals surface area contributed by atoms with Crippen molar-refractivity contribution in [1.82, 2.24) is 5.06 Å². The van der Waals surface area contributed by atoms with Gasteiger partial charge in [-0.3, -0.25) is 9.63 Å². The van der Waals surface area contributed by atoms with Crippen molar-refractivity contribution in [3.63, 3.8) is 0 Å². The summed E-state index contributed by atoms with van der Waals surface area (Å²) < 4.78 is 0. The van der Waals surface area contributed by atoms with Crippen LogP contribution < -0.4 is 0 Å². The van der Waals surface area contributed by atoms with Crippen LogP contribution >= 0.6 is 11.6 Å². The van der Waals surface area contributed by atoms with E-state index in [0.29, 0.717) is 19.1 Å². The number of hydroxylamine groups is 2. The molecule has 1 heterocycles. The van der Waals surface area contributed by atoms with Gasteiger partial charge in [0.1, 0.15) is 0 Å². The first kappa shape index (κ1) is 12.2. The molecule has 2 unspecified atom stereocenters. The van der Waals surface area contributed by atoms with E-state index >= 15 is 0 Å². The fourth-order valence-electron chi connectivity index (χ4n) is 2.41. The number of carbonyl (C=O) groups is 1. The van der Waals surface area contributed by atoms with Crippen LogP contribution in [-0.4, -0.2) is 29.5 Å². The zero-order valence-electron chi connectivity index (χ0n) is 10.0. The zero-order chi connectivity index (χ0) is 11.8. The van der Waals surface area contributed by atoms with E-state index in [1.54, 1.807) is 0 Å². The first-order chi connectivity index (χ1) is 7.50. The van der Waals surface area contributed by atoms with Crippen molar-refractivity contribution in [3.05, 3.63) is 0 Å². The van der Waals surface area contributed by atoms with E-state index in [0.717, 1.165) is 12.8 Å². The van der Waals surface area contributed by atoms with E-state index < -0.39 is 0 Å². The van der Waals surface area contributed by atoms with Gasteiger partial charge in [-0.15, -0.1) is 11.6 Å². The quantitative estimate of drug-likeness (QED) is 0.700. The molecule has 1 aliphatic carbocycles. The molecule has 1 aliphatic heterocycles. The number of hydrogen-bond donors (Lipinski definition) is 0. The standard InChI is InChI=1S/C12H20ClNO2/c1-12(2)8-16-14(11(12)15)7-9-5-3-4-6-10(9)13/h9-10H,3-8H2,1-2H3. The second-order valence-corrected chi connectivity index (χ2v) is 6.14. The summed E-state index contributed by atoms with van der Waals surface area (Å²) in [5.74, 6) is 0.496. The van der Waals surface area contributed by atoms with Gasteiger partial charge >= 0.3 is 0 Å². The molecule has 0 bridgehead atoms. The number of alkyl halides is 1. The maximum absolute atomic E-state index is 12.0. The molecule has 3 nitrogen and oxygen atoms in total. The molecule has 0 aromatic carbocycles. The highest BCUT2D eigenvalue weighted by atomic mass is 35.5. The summed E-state index contributed by atoms with van der Waals surface area (Å²) in [6.07, 6.45) is 4.61. The van der Waals surface area contributed by atoms with Crippen LogP contribution in [0.25, 0.3) is 0 Å². The number of amides is 1. The van der Waals surface area contributed by atoms with Crippen LogP contribution in [0.1, 0.15) is 39.5 Å². The van der Waals surface area contributed by atoms with Gasteiger partial charge in [0.15, 0.2) is 0 Å². The largest absolute Gasteiger partial charge is 0.272 e. The maximum atomic E-state index is 12.0. The van der Waals surface area contributed by atoms with Crippen LogP contribution in [0.3, 0.4) is 0 Å². The first-order valence-electron chi connectivity index (χ1n) is 6.10. The molecule has 0 spiro atoms. The monoisotopic (exact) mass is 245 g/mol. The molecule has 0 N–H and O–H groups in total. The molecule has 1 amide bonds. The maximum Gasteiger partial charge on any atom is 0.254 e. The topological polar surface area (TPSA) is 29.5 Å². The number of nitrogens with zero attached hydrogens (tertiary/aromatic N) is 1. The second kappa shape index (κ2) is 4.53. The summed E-state index contributed by atoms with van der Waals surface area (Å²) in [7, 11) is 0. The van der Waals surface area contributed by atoms with E-state index in [2.05, 4.69) is 0 Å². The third kappa shape index (κ3) is 2.35. The SMILES string of the molecule is CC1(C)CON(CC2CCCCC2Cl)C1=O. The Morgan fingerprint density at radius 3 is 2.69 bits per heavy atom. The van der Waals surface area contributed by atoms with Crippen molar-refractivity contribution in [2.24, 2.45) is 11.3 Å². The molecule has 2 aliphatic rings. The zero-order valence-corrected chi connectivity index (χ0v) is 10.8. The lowest BCUT2D eigenvalue weighted by Gasteiger charge is -2.30. The Morgan fingerprint density at radius 1 is 1.44 bits per heavy atom. The number of hydrogen-bond acceptors (Lipinski definition) is 2. The van der Waals surface area contributed by atoms with Crippen LogP contribution in [0.15, 0.2) is 0 Å². The third-order valence-corrected chi connectivity index (χ3v) is 4.18. The Labute approximate surface area is 102 Å². The molecule has 1 saturated carbocycles. The van der Waals surface area contributed by atoms with Crippen molar-refractivity contribution in [2.45, 2.75) is 44.9 Å². The molecule has 1 saturated heterocycles. The lowest BCUT2D eigenvalue weighted by Crippen LogP contribution is -2.37. The van der Waals surface area contributed by atoms with Gasteiger partial charge in [0.25, 0.3) is 5.91 Å².